The van der Waals surface area contributed by atoms with E-state index in [9.17, 15) is 35.9 Å². The Kier molecular flexibility index (Phi) is 7.22. The van der Waals surface area contributed by atoms with Crippen molar-refractivity contribution in [3.05, 3.63) is 99.7 Å². The number of carbonyl (C=O) groups excluding carboxylic acids is 1. The fourth-order valence-corrected chi connectivity index (χ4v) is 5.32. The Balaban J connectivity index is 1.60. The number of nitrogens with zero attached hydrogens (tertiary/aromatic N) is 1. The summed E-state index contributed by atoms with van der Waals surface area (Å²) in [4.78, 5) is 12.5. The summed E-state index contributed by atoms with van der Waals surface area (Å²) >= 11 is 5.79. The summed E-state index contributed by atoms with van der Waals surface area (Å²) in [5, 5.41) is 12.9. The maximum atomic E-state index is 13.7. The van der Waals surface area contributed by atoms with Crippen LogP contribution in [0.5, 0.6) is 0 Å². The van der Waals surface area contributed by atoms with Gasteiger partial charge in [0, 0.05) is 40.5 Å². The van der Waals surface area contributed by atoms with Gasteiger partial charge in [-0.25, -0.2) is 12.8 Å². The summed E-state index contributed by atoms with van der Waals surface area (Å²) in [6, 6.07) is 12.6. The molecule has 0 aliphatic heterocycles. The van der Waals surface area contributed by atoms with E-state index >= 15 is 0 Å². The highest BCUT2D eigenvalue weighted by Gasteiger charge is 2.33. The Morgan fingerprint density at radius 2 is 1.85 bits per heavy atom. The fourth-order valence-electron chi connectivity index (χ4n) is 4.54. The van der Waals surface area contributed by atoms with Crippen LogP contribution in [0.3, 0.4) is 0 Å². The van der Waals surface area contributed by atoms with Crippen LogP contribution >= 0.6 is 11.6 Å². The van der Waals surface area contributed by atoms with Gasteiger partial charge >= 0.3 is 6.18 Å². The van der Waals surface area contributed by atoms with Crippen molar-refractivity contribution in [3.63, 3.8) is 0 Å². The van der Waals surface area contributed by atoms with Crippen LogP contribution in [0.25, 0.3) is 10.9 Å². The van der Waals surface area contributed by atoms with Crippen LogP contribution in [0.2, 0.25) is 5.02 Å². The monoisotopic (exact) mass is 615 g/mol. The first kappa shape index (κ1) is 24.2. The summed E-state index contributed by atoms with van der Waals surface area (Å²) in [7, 11) is -4.94. The third kappa shape index (κ3) is 6.74. The summed E-state index contributed by atoms with van der Waals surface area (Å²) in [5.41, 5.74) is -3.40. The molecular weight excluding hydrogens is 584 g/mol. The second kappa shape index (κ2) is 12.2. The highest BCUT2D eigenvalue weighted by atomic mass is 35.5. The highest BCUT2D eigenvalue weighted by Crippen LogP contribution is 2.35. The number of carbonyl (C=O) groups is 1. The average Bonchev–Trinajstić information content (AvgIpc) is 3.31. The molecule has 1 amide bonds. The fraction of sp³-hybridized carbons (Fsp3) is 0.276. The van der Waals surface area contributed by atoms with Crippen molar-refractivity contribution in [2.75, 3.05) is 19.0 Å². The van der Waals surface area contributed by atoms with E-state index in [1.807, 2.05) is 0 Å². The summed E-state index contributed by atoms with van der Waals surface area (Å²) in [5.74, 6) is -0.673. The van der Waals surface area contributed by atoms with Crippen molar-refractivity contribution in [3.8, 4) is 0 Å². The number of nitrogens with one attached hydrogen (secondary N) is 1. The second-order valence-corrected chi connectivity index (χ2v) is 11.2. The normalized spacial score (nSPS) is 15.4. The number of aryl methyl sites for hydroxylation is 1. The first-order valence-electron chi connectivity index (χ1n) is 14.6. The van der Waals surface area contributed by atoms with Crippen LogP contribution < -0.4 is 5.32 Å². The molecular formula is C29H27ClF4N2O4S. The Bertz CT molecular complexity index is 1860. The van der Waals surface area contributed by atoms with Crippen molar-refractivity contribution < 1.29 is 42.7 Å². The summed E-state index contributed by atoms with van der Waals surface area (Å²) in [6.45, 7) is -5.03. The number of hydrogen-bond acceptors (Lipinski definition) is 4. The molecule has 1 unspecified atom stereocenters. The molecule has 6 nitrogen and oxygen atoms in total. The molecule has 1 aromatic heterocycles. The highest BCUT2D eigenvalue weighted by molar-refractivity contribution is 7.91. The number of alkyl halides is 4. The van der Waals surface area contributed by atoms with Crippen molar-refractivity contribution in [2.24, 2.45) is 0 Å². The number of aliphatic hydroxyl groups is 1. The minimum absolute atomic E-state index is 0.0723. The van der Waals surface area contributed by atoms with E-state index in [1.165, 1.54) is 47.0 Å². The molecule has 1 heterocycles. The number of aromatic nitrogens is 1. The number of fused-ring (bicyclic) bond motifs is 1. The maximum Gasteiger partial charge on any atom is 0.416 e. The van der Waals surface area contributed by atoms with Gasteiger partial charge in [-0.05, 0) is 59.7 Å². The molecule has 4 aromatic rings. The predicted octanol–water partition coefficient (Wildman–Crippen LogP) is 6.13. The third-order valence-corrected chi connectivity index (χ3v) is 7.92. The molecule has 0 spiro atoms. The van der Waals surface area contributed by atoms with E-state index < -0.39 is 64.3 Å². The quantitative estimate of drug-likeness (QED) is 0.210. The molecule has 3 aromatic carbocycles. The lowest BCUT2D eigenvalue weighted by atomic mass is 10.0. The standard InChI is InChI=1S/C29H27ClF4N2O4S/c1-2-41(39,40)24-8-4-18(5-9-24)26(17-37)35-28(38)20-6-10-27-21(13-20)15-23(36(27)12-11-31)14-19-3-7-22(30)16-25(19)29(32,33)34/h3-10,13,15-16,26,37H,2,11-12,14,17H2,1H3,(H,35,38)/i1D3,2D2. The van der Waals surface area contributed by atoms with Gasteiger partial charge in [-0.15, -0.1) is 0 Å². The minimum atomic E-state index is -4.94. The molecule has 0 saturated heterocycles. The molecule has 41 heavy (non-hydrogen) atoms. The Labute approximate surface area is 246 Å². The van der Waals surface area contributed by atoms with Crippen LogP contribution in [0.1, 0.15) is 52.5 Å². The van der Waals surface area contributed by atoms with Gasteiger partial charge < -0.3 is 15.0 Å². The van der Waals surface area contributed by atoms with Gasteiger partial charge in [0.2, 0.25) is 0 Å². The number of halogens is 5. The number of amides is 1. The van der Waals surface area contributed by atoms with Crippen LogP contribution in [0.15, 0.2) is 71.6 Å². The molecule has 0 aliphatic carbocycles. The summed E-state index contributed by atoms with van der Waals surface area (Å²) in [6.07, 6.45) is -4.87. The zero-order valence-corrected chi connectivity index (χ0v) is 22.7. The smallest absolute Gasteiger partial charge is 0.394 e. The first-order valence-corrected chi connectivity index (χ1v) is 14.0. The van der Waals surface area contributed by atoms with Crippen molar-refractivity contribution in [1.29, 1.82) is 0 Å². The summed E-state index contributed by atoms with van der Waals surface area (Å²) < 4.78 is 118. The van der Waals surface area contributed by atoms with Gasteiger partial charge in [0.1, 0.15) is 6.67 Å². The maximum absolute atomic E-state index is 13.7. The van der Waals surface area contributed by atoms with Crippen LogP contribution in [-0.2, 0) is 29.0 Å². The van der Waals surface area contributed by atoms with Gasteiger partial charge in [-0.1, -0.05) is 36.7 Å². The van der Waals surface area contributed by atoms with Gasteiger partial charge in [0.15, 0.2) is 9.84 Å². The lowest BCUT2D eigenvalue weighted by Crippen LogP contribution is -2.30. The topological polar surface area (TPSA) is 88.4 Å². The van der Waals surface area contributed by atoms with E-state index in [4.69, 9.17) is 18.5 Å². The molecule has 0 saturated carbocycles. The average molecular weight is 616 g/mol. The second-order valence-electron chi connectivity index (χ2n) is 9.11. The van der Waals surface area contributed by atoms with Crippen molar-refractivity contribution in [2.45, 2.75) is 36.9 Å². The molecule has 0 fully saturated rings. The zero-order valence-electron chi connectivity index (χ0n) is 26.2. The van der Waals surface area contributed by atoms with E-state index in [2.05, 4.69) is 5.32 Å². The minimum Gasteiger partial charge on any atom is -0.394 e. The van der Waals surface area contributed by atoms with Gasteiger partial charge in [0.05, 0.1) is 35.4 Å². The van der Waals surface area contributed by atoms with Crippen LogP contribution in [0.4, 0.5) is 17.6 Å². The van der Waals surface area contributed by atoms with Crippen LogP contribution in [-0.4, -0.2) is 43.0 Å². The van der Waals surface area contributed by atoms with E-state index in [-0.39, 0.29) is 34.7 Å². The molecule has 4 rings (SSSR count). The van der Waals surface area contributed by atoms with E-state index in [1.54, 1.807) is 6.07 Å². The van der Waals surface area contributed by atoms with Gasteiger partial charge in [-0.3, -0.25) is 4.79 Å². The third-order valence-electron chi connectivity index (χ3n) is 6.52. The van der Waals surface area contributed by atoms with Crippen molar-refractivity contribution in [1.82, 2.24) is 9.88 Å². The zero-order chi connectivity index (χ0) is 34.2. The molecule has 1 atom stereocenters. The number of hydrogen-bond donors (Lipinski definition) is 2. The first-order chi connectivity index (χ1) is 21.3. The largest absolute Gasteiger partial charge is 0.416 e. The lowest BCUT2D eigenvalue weighted by Gasteiger charge is -2.17. The van der Waals surface area contributed by atoms with E-state index in [0.29, 0.717) is 16.6 Å². The van der Waals surface area contributed by atoms with Gasteiger partial charge in [-0.2, -0.15) is 13.2 Å². The Morgan fingerprint density at radius 3 is 2.49 bits per heavy atom. The number of rotatable bonds is 10. The van der Waals surface area contributed by atoms with E-state index in [0.717, 1.165) is 18.2 Å². The lowest BCUT2D eigenvalue weighted by molar-refractivity contribution is -0.138. The number of aliphatic hydroxyl groups excluding tert-OH is 1. The Hall–Kier alpha value is -3.41. The molecule has 0 radical (unpaired) electrons. The molecule has 218 valence electrons. The van der Waals surface area contributed by atoms with Crippen molar-refractivity contribution >= 4 is 38.2 Å². The Morgan fingerprint density at radius 1 is 1.12 bits per heavy atom. The van der Waals surface area contributed by atoms with Crippen LogP contribution in [0, 0.1) is 0 Å². The molecule has 12 heteroatoms. The van der Waals surface area contributed by atoms with Gasteiger partial charge in [0.25, 0.3) is 5.91 Å². The molecule has 2 N–H and O–H groups in total. The molecule has 0 aliphatic rings. The number of sulfone groups is 1. The predicted molar refractivity (Wildman–Crippen MR) is 149 cm³/mol. The number of benzene rings is 3. The molecule has 0 bridgehead atoms. The SMILES string of the molecule is [2H]C([2H])([2H])C([2H])([2H])S(=O)(=O)c1ccc(C(CO)NC(=O)c2ccc3c(c2)cc(Cc2ccc(Cl)cc2C(F)(F)F)n3CCF)cc1.